The van der Waals surface area contributed by atoms with Crippen molar-refractivity contribution >= 4 is 0 Å². The number of ether oxygens (including phenoxy) is 1. The molecular weight excluding hydrogens is 233 g/mol. The fourth-order valence-corrected chi connectivity index (χ4v) is 2.01. The summed E-state index contributed by atoms with van der Waals surface area (Å²) in [5.41, 5.74) is 1.81. The lowest BCUT2D eigenvalue weighted by molar-refractivity contribution is 0.385. The quantitative estimate of drug-likeness (QED) is 0.899. The van der Waals surface area contributed by atoms with Crippen molar-refractivity contribution in [1.82, 2.24) is 15.1 Å². The molecule has 18 heavy (non-hydrogen) atoms. The first-order chi connectivity index (χ1) is 8.67. The number of aryl methyl sites for hydroxylation is 1. The average molecular weight is 249 g/mol. The lowest BCUT2D eigenvalue weighted by Crippen LogP contribution is -2.20. The van der Waals surface area contributed by atoms with E-state index in [4.69, 9.17) is 4.74 Å². The summed E-state index contributed by atoms with van der Waals surface area (Å²) in [5, 5.41) is 7.28. The van der Waals surface area contributed by atoms with Gasteiger partial charge in [0, 0.05) is 13.2 Å². The molecular formula is C13H16FN3O. The summed E-state index contributed by atoms with van der Waals surface area (Å²) in [6.45, 7) is 0. The van der Waals surface area contributed by atoms with Crippen LogP contribution < -0.4 is 10.1 Å². The van der Waals surface area contributed by atoms with Gasteiger partial charge in [0.05, 0.1) is 18.8 Å². The van der Waals surface area contributed by atoms with Gasteiger partial charge in [0.2, 0.25) is 0 Å². The molecule has 2 aromatic rings. The molecule has 1 atom stereocenters. The first-order valence-electron chi connectivity index (χ1n) is 5.66. The van der Waals surface area contributed by atoms with Crippen LogP contribution in [-0.2, 0) is 7.05 Å². The Morgan fingerprint density at radius 1 is 1.39 bits per heavy atom. The molecule has 0 aliphatic rings. The van der Waals surface area contributed by atoms with E-state index >= 15 is 0 Å². The molecule has 1 unspecified atom stereocenters. The monoisotopic (exact) mass is 249 g/mol. The summed E-state index contributed by atoms with van der Waals surface area (Å²) in [5.74, 6) is -0.115. The highest BCUT2D eigenvalue weighted by Crippen LogP contribution is 2.25. The molecule has 5 heteroatoms. The highest BCUT2D eigenvalue weighted by atomic mass is 19.1. The summed E-state index contributed by atoms with van der Waals surface area (Å²) < 4.78 is 20.4. The molecule has 0 amide bonds. The van der Waals surface area contributed by atoms with E-state index in [-0.39, 0.29) is 17.6 Å². The molecule has 0 bridgehead atoms. The number of halogens is 1. The summed E-state index contributed by atoms with van der Waals surface area (Å²) in [4.78, 5) is 0. The van der Waals surface area contributed by atoms with Crippen LogP contribution in [0.2, 0.25) is 0 Å². The fourth-order valence-electron chi connectivity index (χ4n) is 2.01. The van der Waals surface area contributed by atoms with Gasteiger partial charge in [-0.2, -0.15) is 5.10 Å². The minimum Gasteiger partial charge on any atom is -0.494 e. The van der Waals surface area contributed by atoms with Gasteiger partial charge >= 0.3 is 0 Å². The predicted molar refractivity (Wildman–Crippen MR) is 67.1 cm³/mol. The maximum absolute atomic E-state index is 13.7. The Balaban J connectivity index is 2.40. The third kappa shape index (κ3) is 2.22. The Morgan fingerprint density at radius 2 is 2.17 bits per heavy atom. The van der Waals surface area contributed by atoms with Gasteiger partial charge in [-0.1, -0.05) is 6.07 Å². The van der Waals surface area contributed by atoms with Crippen molar-refractivity contribution < 1.29 is 9.13 Å². The number of hydrogen-bond acceptors (Lipinski definition) is 3. The summed E-state index contributed by atoms with van der Waals surface area (Å²) >= 11 is 0. The average Bonchev–Trinajstić information content (AvgIpc) is 2.77. The molecule has 1 aromatic carbocycles. The Hall–Kier alpha value is -1.88. The molecule has 0 aliphatic heterocycles. The van der Waals surface area contributed by atoms with Crippen LogP contribution in [0.3, 0.4) is 0 Å². The van der Waals surface area contributed by atoms with Gasteiger partial charge in [-0.25, -0.2) is 4.39 Å². The van der Waals surface area contributed by atoms with Gasteiger partial charge < -0.3 is 10.1 Å². The zero-order chi connectivity index (χ0) is 13.1. The second kappa shape index (κ2) is 5.18. The van der Waals surface area contributed by atoms with E-state index in [1.807, 2.05) is 26.2 Å². The fraction of sp³-hybridized carbons (Fsp3) is 0.308. The number of methoxy groups -OCH3 is 1. The number of benzene rings is 1. The number of nitrogens with one attached hydrogen (secondary N) is 1. The van der Waals surface area contributed by atoms with Crippen molar-refractivity contribution in [2.75, 3.05) is 14.2 Å². The molecule has 1 aromatic heterocycles. The molecule has 4 nitrogen and oxygen atoms in total. The number of nitrogens with zero attached hydrogens (tertiary/aromatic N) is 2. The van der Waals surface area contributed by atoms with Gasteiger partial charge in [-0.05, 0) is 30.8 Å². The number of rotatable bonds is 4. The molecule has 0 saturated carbocycles. The van der Waals surface area contributed by atoms with Crippen LogP contribution in [0, 0.1) is 5.82 Å². The van der Waals surface area contributed by atoms with Crippen LogP contribution in [0.5, 0.6) is 5.75 Å². The van der Waals surface area contributed by atoms with E-state index in [9.17, 15) is 4.39 Å². The minimum absolute atomic E-state index is 0.0992. The molecule has 0 fully saturated rings. The Kier molecular flexibility index (Phi) is 3.62. The number of aromatic nitrogens is 2. The molecule has 1 heterocycles. The van der Waals surface area contributed by atoms with Gasteiger partial charge in [0.15, 0.2) is 11.6 Å². The van der Waals surface area contributed by atoms with Gasteiger partial charge in [0.1, 0.15) is 0 Å². The summed E-state index contributed by atoms with van der Waals surface area (Å²) in [6, 6.07) is 6.76. The van der Waals surface area contributed by atoms with E-state index in [0.29, 0.717) is 0 Å². The minimum atomic E-state index is -0.364. The van der Waals surface area contributed by atoms with Crippen molar-refractivity contribution in [2.45, 2.75) is 6.04 Å². The van der Waals surface area contributed by atoms with Crippen LogP contribution >= 0.6 is 0 Å². The highest BCUT2D eigenvalue weighted by molar-refractivity contribution is 5.34. The SMILES string of the molecule is CNC(c1ccc(OC)c(F)c1)c1ccnn1C. The maximum Gasteiger partial charge on any atom is 0.165 e. The Morgan fingerprint density at radius 3 is 2.67 bits per heavy atom. The predicted octanol–water partition coefficient (Wildman–Crippen LogP) is 1.88. The van der Waals surface area contributed by atoms with E-state index in [2.05, 4.69) is 10.4 Å². The summed E-state index contributed by atoms with van der Waals surface area (Å²) in [6.07, 6.45) is 1.72. The molecule has 0 radical (unpaired) electrons. The van der Waals surface area contributed by atoms with Crippen LogP contribution in [0.15, 0.2) is 30.5 Å². The highest BCUT2D eigenvalue weighted by Gasteiger charge is 2.17. The standard InChI is InChI=1S/C13H16FN3O/c1-15-13(11-6-7-16-17(11)2)9-4-5-12(18-3)10(14)8-9/h4-8,13,15H,1-3H3. The second-order valence-corrected chi connectivity index (χ2v) is 4.00. The Labute approximate surface area is 105 Å². The zero-order valence-corrected chi connectivity index (χ0v) is 10.6. The van der Waals surface area contributed by atoms with Crippen LogP contribution in [-0.4, -0.2) is 23.9 Å². The van der Waals surface area contributed by atoms with Crippen molar-refractivity contribution in [3.05, 3.63) is 47.5 Å². The van der Waals surface area contributed by atoms with E-state index in [1.54, 1.807) is 16.9 Å². The maximum atomic E-state index is 13.7. The lowest BCUT2D eigenvalue weighted by atomic mass is 10.0. The molecule has 1 N–H and O–H groups in total. The third-order valence-electron chi connectivity index (χ3n) is 2.95. The Bertz CT molecular complexity index is 539. The van der Waals surface area contributed by atoms with Crippen LogP contribution in [0.1, 0.15) is 17.3 Å². The van der Waals surface area contributed by atoms with Crippen molar-refractivity contribution in [2.24, 2.45) is 7.05 Å². The zero-order valence-electron chi connectivity index (χ0n) is 10.6. The van der Waals surface area contributed by atoms with E-state index in [1.165, 1.54) is 13.2 Å². The first kappa shape index (κ1) is 12.6. The smallest absolute Gasteiger partial charge is 0.165 e. The largest absolute Gasteiger partial charge is 0.494 e. The molecule has 2 rings (SSSR count). The topological polar surface area (TPSA) is 39.1 Å². The van der Waals surface area contributed by atoms with Gasteiger partial charge in [-0.3, -0.25) is 4.68 Å². The van der Waals surface area contributed by atoms with Gasteiger partial charge in [0.25, 0.3) is 0 Å². The van der Waals surface area contributed by atoms with E-state index < -0.39 is 0 Å². The lowest BCUT2D eigenvalue weighted by Gasteiger charge is -2.17. The molecule has 0 spiro atoms. The van der Waals surface area contributed by atoms with Crippen molar-refractivity contribution in [3.8, 4) is 5.75 Å². The normalized spacial score (nSPS) is 12.4. The second-order valence-electron chi connectivity index (χ2n) is 4.00. The number of hydrogen-bond donors (Lipinski definition) is 1. The third-order valence-corrected chi connectivity index (χ3v) is 2.95. The molecule has 96 valence electrons. The molecule has 0 saturated heterocycles. The summed E-state index contributed by atoms with van der Waals surface area (Å²) in [7, 11) is 5.15. The first-order valence-corrected chi connectivity index (χ1v) is 5.66. The van der Waals surface area contributed by atoms with E-state index in [0.717, 1.165) is 11.3 Å². The van der Waals surface area contributed by atoms with Gasteiger partial charge in [-0.15, -0.1) is 0 Å². The van der Waals surface area contributed by atoms with Crippen LogP contribution in [0.4, 0.5) is 4.39 Å². The molecule has 0 aliphatic carbocycles. The van der Waals surface area contributed by atoms with Crippen molar-refractivity contribution in [3.63, 3.8) is 0 Å². The van der Waals surface area contributed by atoms with Crippen molar-refractivity contribution in [1.29, 1.82) is 0 Å². The van der Waals surface area contributed by atoms with Crippen LogP contribution in [0.25, 0.3) is 0 Å².